The lowest BCUT2D eigenvalue weighted by atomic mass is 9.72. The molecule has 0 N–H and O–H groups in total. The molecule has 116 valence electrons. The first-order valence-electron chi connectivity index (χ1n) is 8.67. The lowest BCUT2D eigenvalue weighted by Gasteiger charge is -2.29. The molecule has 1 heteroatoms. The molecule has 3 aromatic carbocycles. The first-order chi connectivity index (χ1) is 12.4. The molecule has 0 radical (unpaired) electrons. The van der Waals surface area contributed by atoms with Gasteiger partial charge in [0.15, 0.2) is 0 Å². The highest BCUT2D eigenvalue weighted by molar-refractivity contribution is 5.93. The van der Waals surface area contributed by atoms with E-state index in [1.54, 1.807) is 0 Å². The van der Waals surface area contributed by atoms with Crippen molar-refractivity contribution in [1.29, 1.82) is 0 Å². The van der Waals surface area contributed by atoms with Crippen LogP contribution in [0.2, 0.25) is 0 Å². The monoisotopic (exact) mass is 317 g/mol. The number of fused-ring (bicyclic) bond motifs is 10. The van der Waals surface area contributed by atoms with Gasteiger partial charge in [0, 0.05) is 11.8 Å². The molecule has 25 heavy (non-hydrogen) atoms. The van der Waals surface area contributed by atoms with Gasteiger partial charge < -0.3 is 0 Å². The highest BCUT2D eigenvalue weighted by atomic mass is 14.7. The molecule has 1 spiro atoms. The Morgan fingerprint density at radius 3 is 1.48 bits per heavy atom. The second-order valence-corrected chi connectivity index (χ2v) is 6.79. The van der Waals surface area contributed by atoms with Crippen LogP contribution in [0.4, 0.5) is 0 Å². The molecule has 0 saturated carbocycles. The average Bonchev–Trinajstić information content (AvgIpc) is 3.16. The minimum Gasteiger partial charge on any atom is -0.259 e. The van der Waals surface area contributed by atoms with E-state index in [2.05, 4.69) is 78.9 Å². The molecule has 6 rings (SSSR count). The van der Waals surface area contributed by atoms with Crippen LogP contribution < -0.4 is 0 Å². The smallest absolute Gasteiger partial charge is 0.0898 e. The van der Waals surface area contributed by atoms with Crippen molar-refractivity contribution in [3.63, 3.8) is 0 Å². The van der Waals surface area contributed by atoms with E-state index >= 15 is 0 Å². The van der Waals surface area contributed by atoms with E-state index < -0.39 is 0 Å². The number of rotatable bonds is 0. The van der Waals surface area contributed by atoms with Crippen molar-refractivity contribution in [2.45, 2.75) is 5.41 Å². The number of hydrogen-bond donors (Lipinski definition) is 0. The van der Waals surface area contributed by atoms with E-state index in [9.17, 15) is 0 Å². The Hall–Kier alpha value is -3.19. The summed E-state index contributed by atoms with van der Waals surface area (Å²) >= 11 is 0. The molecule has 4 aromatic rings. The van der Waals surface area contributed by atoms with Gasteiger partial charge in [-0.3, -0.25) is 4.98 Å². The second-order valence-electron chi connectivity index (χ2n) is 6.79. The summed E-state index contributed by atoms with van der Waals surface area (Å²) in [6, 6.07) is 30.6. The molecule has 0 unspecified atom stereocenters. The quantitative estimate of drug-likeness (QED) is 0.364. The van der Waals surface area contributed by atoms with Crippen LogP contribution in [0, 0.1) is 0 Å². The first kappa shape index (κ1) is 13.1. The summed E-state index contributed by atoms with van der Waals surface area (Å²) < 4.78 is 0. The molecule has 1 aromatic heterocycles. The fourth-order valence-corrected chi connectivity index (χ4v) is 4.87. The van der Waals surface area contributed by atoms with Crippen LogP contribution in [0.15, 0.2) is 91.1 Å². The van der Waals surface area contributed by atoms with E-state index in [1.807, 2.05) is 12.3 Å². The van der Waals surface area contributed by atoms with E-state index in [-0.39, 0.29) is 5.41 Å². The minimum absolute atomic E-state index is 0.291. The Morgan fingerprint density at radius 2 is 0.920 bits per heavy atom. The van der Waals surface area contributed by atoms with Crippen LogP contribution in [-0.2, 0) is 5.41 Å². The highest BCUT2D eigenvalue weighted by Crippen LogP contribution is 2.61. The lowest BCUT2D eigenvalue weighted by Crippen LogP contribution is -2.26. The van der Waals surface area contributed by atoms with Gasteiger partial charge in [0.25, 0.3) is 0 Å². The van der Waals surface area contributed by atoms with Crippen molar-refractivity contribution in [3.8, 4) is 22.3 Å². The predicted molar refractivity (Wildman–Crippen MR) is 101 cm³/mol. The molecule has 0 bridgehead atoms. The number of benzene rings is 3. The average molecular weight is 317 g/mol. The Bertz CT molecular complexity index is 968. The third-order valence-corrected chi connectivity index (χ3v) is 5.74. The fraction of sp³-hybridized carbons (Fsp3) is 0.0417. The van der Waals surface area contributed by atoms with Gasteiger partial charge in [0.05, 0.1) is 11.1 Å². The third-order valence-electron chi connectivity index (χ3n) is 5.74. The van der Waals surface area contributed by atoms with Crippen LogP contribution in [0.25, 0.3) is 22.3 Å². The largest absolute Gasteiger partial charge is 0.259 e. The van der Waals surface area contributed by atoms with Gasteiger partial charge in [0.1, 0.15) is 0 Å². The van der Waals surface area contributed by atoms with Crippen LogP contribution in [0.1, 0.15) is 22.4 Å². The Balaban J connectivity index is 1.89. The van der Waals surface area contributed by atoms with Gasteiger partial charge in [-0.2, -0.15) is 0 Å². The van der Waals surface area contributed by atoms with E-state index in [4.69, 9.17) is 4.98 Å². The topological polar surface area (TPSA) is 12.9 Å². The summed E-state index contributed by atoms with van der Waals surface area (Å²) in [5.74, 6) is 0. The number of pyridine rings is 1. The highest BCUT2D eigenvalue weighted by Gasteiger charge is 2.52. The summed E-state index contributed by atoms with van der Waals surface area (Å²) in [7, 11) is 0. The van der Waals surface area contributed by atoms with E-state index in [0.29, 0.717) is 0 Å². The van der Waals surface area contributed by atoms with Crippen LogP contribution in [0.3, 0.4) is 0 Å². The predicted octanol–water partition coefficient (Wildman–Crippen LogP) is 5.43. The Kier molecular flexibility index (Phi) is 2.34. The molecule has 0 amide bonds. The molecule has 0 aliphatic heterocycles. The first-order valence-corrected chi connectivity index (χ1v) is 8.67. The summed E-state index contributed by atoms with van der Waals surface area (Å²) in [6.45, 7) is 0. The summed E-state index contributed by atoms with van der Waals surface area (Å²) in [5, 5.41) is 0. The van der Waals surface area contributed by atoms with Crippen molar-refractivity contribution >= 4 is 0 Å². The summed E-state index contributed by atoms with van der Waals surface area (Å²) in [5.41, 5.74) is 10.1. The van der Waals surface area contributed by atoms with Crippen molar-refractivity contribution < 1.29 is 0 Å². The molecule has 0 fully saturated rings. The Labute approximate surface area is 146 Å². The zero-order valence-corrected chi connectivity index (χ0v) is 13.6. The Morgan fingerprint density at radius 1 is 0.480 bits per heavy atom. The maximum Gasteiger partial charge on any atom is 0.0898 e. The van der Waals surface area contributed by atoms with Crippen molar-refractivity contribution in [2.24, 2.45) is 0 Å². The van der Waals surface area contributed by atoms with Gasteiger partial charge >= 0.3 is 0 Å². The van der Waals surface area contributed by atoms with Gasteiger partial charge in [-0.1, -0.05) is 78.9 Å². The molecule has 0 atom stereocenters. The number of nitrogens with zero attached hydrogens (tertiary/aromatic N) is 1. The minimum atomic E-state index is -0.291. The number of hydrogen-bond acceptors (Lipinski definition) is 1. The molecule has 2 aliphatic rings. The summed E-state index contributed by atoms with van der Waals surface area (Å²) in [6.07, 6.45) is 1.93. The fourth-order valence-electron chi connectivity index (χ4n) is 4.87. The molecule has 2 aliphatic carbocycles. The van der Waals surface area contributed by atoms with Gasteiger partial charge in [-0.25, -0.2) is 0 Å². The van der Waals surface area contributed by atoms with Crippen molar-refractivity contribution in [3.05, 3.63) is 114 Å². The van der Waals surface area contributed by atoms with E-state index in [1.165, 1.54) is 38.9 Å². The normalized spacial score (nSPS) is 14.7. The lowest BCUT2D eigenvalue weighted by molar-refractivity contribution is 0.760. The van der Waals surface area contributed by atoms with Crippen LogP contribution >= 0.6 is 0 Å². The number of aromatic nitrogens is 1. The summed E-state index contributed by atoms with van der Waals surface area (Å²) in [4.78, 5) is 4.91. The third kappa shape index (κ3) is 1.39. The zero-order chi connectivity index (χ0) is 16.4. The van der Waals surface area contributed by atoms with Gasteiger partial charge in [-0.15, -0.1) is 0 Å². The van der Waals surface area contributed by atoms with Crippen molar-refractivity contribution in [2.75, 3.05) is 0 Å². The molecular formula is C24H15N. The maximum absolute atomic E-state index is 4.91. The van der Waals surface area contributed by atoms with E-state index in [0.717, 1.165) is 5.69 Å². The second kappa shape index (κ2) is 4.46. The molecule has 1 nitrogen and oxygen atoms in total. The SMILES string of the molecule is c1ccc2c(c1)-c1ccccc1C21c2ccccc2-c2cccnc21. The maximum atomic E-state index is 4.91. The van der Waals surface area contributed by atoms with Crippen molar-refractivity contribution in [1.82, 2.24) is 4.98 Å². The molecular weight excluding hydrogens is 302 g/mol. The molecule has 0 saturated heterocycles. The van der Waals surface area contributed by atoms with Gasteiger partial charge in [0.2, 0.25) is 0 Å². The van der Waals surface area contributed by atoms with Crippen LogP contribution in [-0.4, -0.2) is 4.98 Å². The standard InChI is InChI=1S/C24H15N/c1-4-12-20-16(8-1)17-9-2-5-13-21(17)24(20)22-14-6-3-10-18(22)19-11-7-15-25-23(19)24/h1-15H. The van der Waals surface area contributed by atoms with Gasteiger partial charge in [-0.05, 0) is 39.4 Å². The van der Waals surface area contributed by atoms with Crippen LogP contribution in [0.5, 0.6) is 0 Å². The molecule has 1 heterocycles. The zero-order valence-electron chi connectivity index (χ0n) is 13.6.